The summed E-state index contributed by atoms with van der Waals surface area (Å²) in [4.78, 5) is 2.77. The highest BCUT2D eigenvalue weighted by Crippen LogP contribution is 2.55. The lowest BCUT2D eigenvalue weighted by molar-refractivity contribution is -0.00836. The molecular formula is C18H26ClN. The van der Waals surface area contributed by atoms with E-state index in [1.54, 1.807) is 11.1 Å². The first-order valence-electron chi connectivity index (χ1n) is 8.17. The summed E-state index contributed by atoms with van der Waals surface area (Å²) in [5.74, 6) is 0.935. The van der Waals surface area contributed by atoms with Gasteiger partial charge in [-0.2, -0.15) is 0 Å². The van der Waals surface area contributed by atoms with Crippen LogP contribution >= 0.6 is 12.4 Å². The Kier molecular flexibility index (Phi) is 3.85. The van der Waals surface area contributed by atoms with E-state index >= 15 is 0 Å². The molecule has 0 spiro atoms. The van der Waals surface area contributed by atoms with Gasteiger partial charge in [-0.3, -0.25) is 4.90 Å². The second kappa shape index (κ2) is 5.35. The molecule has 1 aromatic rings. The lowest BCUT2D eigenvalue weighted by Gasteiger charge is -2.59. The molecule has 20 heavy (non-hydrogen) atoms. The lowest BCUT2D eigenvalue weighted by atomic mass is 9.52. The van der Waals surface area contributed by atoms with Crippen molar-refractivity contribution in [2.75, 3.05) is 13.1 Å². The normalized spacial score (nSPS) is 35.6. The number of piperidine rings is 1. The Balaban J connectivity index is 0.00000121. The molecular weight excluding hydrogens is 266 g/mol. The van der Waals surface area contributed by atoms with Crippen LogP contribution in [0.1, 0.15) is 50.2 Å². The van der Waals surface area contributed by atoms with Crippen molar-refractivity contribution in [2.24, 2.45) is 5.92 Å². The van der Waals surface area contributed by atoms with Gasteiger partial charge in [0.05, 0.1) is 0 Å². The van der Waals surface area contributed by atoms with Crippen LogP contribution in [0.2, 0.25) is 0 Å². The third-order valence-corrected chi connectivity index (χ3v) is 6.27. The van der Waals surface area contributed by atoms with Crippen LogP contribution < -0.4 is 0 Å². The maximum absolute atomic E-state index is 2.77. The van der Waals surface area contributed by atoms with E-state index in [4.69, 9.17) is 0 Å². The van der Waals surface area contributed by atoms with Gasteiger partial charge in [-0.05, 0) is 55.8 Å². The summed E-state index contributed by atoms with van der Waals surface area (Å²) in [6.07, 6.45) is 8.53. The van der Waals surface area contributed by atoms with Gasteiger partial charge in [0.25, 0.3) is 0 Å². The molecule has 1 aromatic carbocycles. The number of nitrogens with zero attached hydrogens (tertiary/aromatic N) is 1. The molecule has 110 valence electrons. The maximum atomic E-state index is 2.77. The molecule has 1 nitrogen and oxygen atoms in total. The third-order valence-electron chi connectivity index (χ3n) is 6.27. The molecule has 1 aliphatic heterocycles. The number of halogens is 1. The number of likely N-dealkylation sites (tertiary alicyclic amines) is 1. The number of rotatable bonds is 1. The van der Waals surface area contributed by atoms with Crippen LogP contribution in [-0.2, 0) is 11.8 Å². The molecule has 2 fully saturated rings. The van der Waals surface area contributed by atoms with E-state index in [1.807, 2.05) is 0 Å². The fourth-order valence-corrected chi connectivity index (χ4v) is 5.44. The van der Waals surface area contributed by atoms with Gasteiger partial charge >= 0.3 is 0 Å². The minimum absolute atomic E-state index is 0. The molecule has 1 saturated carbocycles. The van der Waals surface area contributed by atoms with Gasteiger partial charge in [0, 0.05) is 11.5 Å². The first-order chi connectivity index (χ1) is 9.35. The second-order valence-electron chi connectivity index (χ2n) is 6.82. The fourth-order valence-electron chi connectivity index (χ4n) is 5.44. The Hall–Kier alpha value is -0.530. The maximum Gasteiger partial charge on any atom is 0.0172 e. The summed E-state index contributed by atoms with van der Waals surface area (Å²) >= 11 is 0. The predicted molar refractivity (Wildman–Crippen MR) is 86.7 cm³/mol. The van der Waals surface area contributed by atoms with E-state index in [0.717, 1.165) is 12.0 Å². The first kappa shape index (κ1) is 14.4. The van der Waals surface area contributed by atoms with E-state index < -0.39 is 0 Å². The topological polar surface area (TPSA) is 3.24 Å². The van der Waals surface area contributed by atoms with Gasteiger partial charge in [-0.1, -0.05) is 44.0 Å². The average Bonchev–Trinajstić information content (AvgIpc) is 2.47. The summed E-state index contributed by atoms with van der Waals surface area (Å²) in [5.41, 5.74) is 3.93. The summed E-state index contributed by atoms with van der Waals surface area (Å²) in [7, 11) is 0. The van der Waals surface area contributed by atoms with Gasteiger partial charge in [0.1, 0.15) is 0 Å². The number of benzene rings is 1. The quantitative estimate of drug-likeness (QED) is 0.750. The minimum Gasteiger partial charge on any atom is -0.300 e. The van der Waals surface area contributed by atoms with Crippen LogP contribution in [0.4, 0.5) is 0 Å². The Labute approximate surface area is 129 Å². The van der Waals surface area contributed by atoms with Crippen molar-refractivity contribution in [3.63, 3.8) is 0 Å². The Morgan fingerprint density at radius 3 is 2.90 bits per heavy atom. The first-order valence-corrected chi connectivity index (χ1v) is 8.17. The van der Waals surface area contributed by atoms with Gasteiger partial charge in [-0.15, -0.1) is 12.4 Å². The van der Waals surface area contributed by atoms with Crippen LogP contribution in [0.15, 0.2) is 24.3 Å². The zero-order chi connectivity index (χ0) is 12.9. The SMILES string of the molecule is CCN1CC[C@]23CCCC[C@H]2[C@H]1Cc1ccccc13.Cl. The summed E-state index contributed by atoms with van der Waals surface area (Å²) < 4.78 is 0. The van der Waals surface area contributed by atoms with Crippen LogP contribution in [-0.4, -0.2) is 24.0 Å². The van der Waals surface area contributed by atoms with Crippen molar-refractivity contribution in [1.29, 1.82) is 0 Å². The summed E-state index contributed by atoms with van der Waals surface area (Å²) in [5, 5.41) is 0. The molecule has 3 atom stereocenters. The second-order valence-corrected chi connectivity index (χ2v) is 6.82. The summed E-state index contributed by atoms with van der Waals surface area (Å²) in [6.45, 7) is 4.90. The van der Waals surface area contributed by atoms with Crippen molar-refractivity contribution in [2.45, 2.75) is 56.9 Å². The van der Waals surface area contributed by atoms with Crippen molar-refractivity contribution in [3.8, 4) is 0 Å². The van der Waals surface area contributed by atoms with Crippen molar-refractivity contribution < 1.29 is 0 Å². The molecule has 1 saturated heterocycles. The minimum atomic E-state index is 0. The van der Waals surface area contributed by atoms with E-state index in [9.17, 15) is 0 Å². The molecule has 0 radical (unpaired) electrons. The van der Waals surface area contributed by atoms with Gasteiger partial charge in [-0.25, -0.2) is 0 Å². The fraction of sp³-hybridized carbons (Fsp3) is 0.667. The third kappa shape index (κ3) is 1.86. The molecule has 4 rings (SSSR count). The molecule has 0 amide bonds. The number of likely N-dealkylation sites (N-methyl/N-ethyl adjacent to an activating group) is 1. The predicted octanol–water partition coefficient (Wildman–Crippen LogP) is 4.19. The molecule has 1 heterocycles. The largest absolute Gasteiger partial charge is 0.300 e. The Morgan fingerprint density at radius 1 is 1.20 bits per heavy atom. The highest BCUT2D eigenvalue weighted by Gasteiger charge is 2.53. The van der Waals surface area contributed by atoms with Crippen LogP contribution in [0.3, 0.4) is 0 Å². The van der Waals surface area contributed by atoms with Crippen molar-refractivity contribution in [3.05, 3.63) is 35.4 Å². The highest BCUT2D eigenvalue weighted by atomic mass is 35.5. The van der Waals surface area contributed by atoms with E-state index in [1.165, 1.54) is 51.6 Å². The molecule has 2 heteroatoms. The highest BCUT2D eigenvalue weighted by molar-refractivity contribution is 5.85. The van der Waals surface area contributed by atoms with Gasteiger partial charge < -0.3 is 0 Å². The van der Waals surface area contributed by atoms with E-state index in [-0.39, 0.29) is 12.4 Å². The van der Waals surface area contributed by atoms with E-state index in [0.29, 0.717) is 5.41 Å². The van der Waals surface area contributed by atoms with E-state index in [2.05, 4.69) is 36.1 Å². The number of hydrogen-bond acceptors (Lipinski definition) is 1. The van der Waals surface area contributed by atoms with Crippen molar-refractivity contribution in [1.82, 2.24) is 4.90 Å². The number of hydrogen-bond donors (Lipinski definition) is 0. The zero-order valence-corrected chi connectivity index (χ0v) is 13.3. The van der Waals surface area contributed by atoms with Crippen molar-refractivity contribution >= 4 is 12.4 Å². The monoisotopic (exact) mass is 291 g/mol. The Morgan fingerprint density at radius 2 is 2.05 bits per heavy atom. The molecule has 0 aromatic heterocycles. The molecule has 0 unspecified atom stereocenters. The molecule has 3 aliphatic rings. The number of fused-ring (bicyclic) bond motifs is 1. The Bertz CT molecular complexity index is 486. The summed E-state index contributed by atoms with van der Waals surface area (Å²) in [6, 6.07) is 10.2. The zero-order valence-electron chi connectivity index (χ0n) is 12.5. The molecule has 2 aliphatic carbocycles. The van der Waals surface area contributed by atoms with Gasteiger partial charge in [0.2, 0.25) is 0 Å². The smallest absolute Gasteiger partial charge is 0.0172 e. The van der Waals surface area contributed by atoms with Gasteiger partial charge in [0.15, 0.2) is 0 Å². The molecule has 2 bridgehead atoms. The lowest BCUT2D eigenvalue weighted by Crippen LogP contribution is -2.60. The standard InChI is InChI=1S/C18H25N.ClH/c1-2-19-12-11-18-10-6-5-9-16(18)17(19)13-14-7-3-4-8-15(14)18;/h3-4,7-8,16-17H,2,5-6,9-13H2,1H3;1H/t16-,17+,18-;/m0./s1. The molecule has 0 N–H and O–H groups in total. The van der Waals surface area contributed by atoms with Crippen LogP contribution in [0.5, 0.6) is 0 Å². The van der Waals surface area contributed by atoms with Crippen LogP contribution in [0, 0.1) is 5.92 Å². The average molecular weight is 292 g/mol. The van der Waals surface area contributed by atoms with Crippen LogP contribution in [0.25, 0.3) is 0 Å².